The van der Waals surface area contributed by atoms with Crippen molar-refractivity contribution in [2.45, 2.75) is 13.8 Å². The molecule has 0 aliphatic rings. The van der Waals surface area contributed by atoms with Crippen molar-refractivity contribution in [2.24, 2.45) is 0 Å². The van der Waals surface area contributed by atoms with Gasteiger partial charge in [0.1, 0.15) is 0 Å². The Bertz CT molecular complexity index is 256. The zero-order valence-corrected chi connectivity index (χ0v) is 9.97. The summed E-state index contributed by atoms with van der Waals surface area (Å²) in [4.78, 5) is 0. The number of hydrogen-bond acceptors (Lipinski definition) is 1. The van der Waals surface area contributed by atoms with Crippen LogP contribution in [-0.4, -0.2) is 0 Å². The summed E-state index contributed by atoms with van der Waals surface area (Å²) < 4.78 is 5.37. The van der Waals surface area contributed by atoms with E-state index in [1.54, 1.807) is 0 Å². The number of rotatable bonds is 2. The van der Waals surface area contributed by atoms with Crippen LogP contribution in [0.2, 0.25) is 0 Å². The molecule has 0 atom stereocenters. The van der Waals surface area contributed by atoms with Gasteiger partial charge in [-0.25, -0.2) is 0 Å². The molecule has 0 N–H and O–H groups in total. The molecule has 0 amide bonds. The first-order valence-corrected chi connectivity index (χ1v) is 8.46. The van der Waals surface area contributed by atoms with Gasteiger partial charge in [0.2, 0.25) is 0 Å². The minimum absolute atomic E-state index is 0.845. The first-order valence-electron chi connectivity index (χ1n) is 3.53. The molecule has 0 saturated heterocycles. The predicted octanol–water partition coefficient (Wildman–Crippen LogP) is 3.52. The maximum absolute atomic E-state index is 5.67. The molecule has 0 saturated carbocycles. The zero-order valence-electron chi connectivity index (χ0n) is 6.90. The van der Waals surface area contributed by atoms with E-state index in [1.807, 2.05) is 32.0 Å². The van der Waals surface area contributed by atoms with Crippen LogP contribution in [0.15, 0.2) is 18.2 Å². The van der Waals surface area contributed by atoms with Crippen LogP contribution in [-0.2, 0) is 16.1 Å². The fourth-order valence-corrected chi connectivity index (χ4v) is 2.42. The van der Waals surface area contributed by atoms with Crippen molar-refractivity contribution in [2.75, 3.05) is 0 Å². The number of hydrogen-bond donors (Lipinski definition) is 0. The molecule has 0 unspecified atom stereocenters. The molecule has 0 bridgehead atoms. The molecule has 0 aliphatic carbocycles. The first-order chi connectivity index (χ1) is 5.61. The topological polar surface area (TPSA) is 9.23 Å². The number of benzene rings is 1. The van der Waals surface area contributed by atoms with Gasteiger partial charge in [-0.05, 0) is 0 Å². The van der Waals surface area contributed by atoms with Gasteiger partial charge in [-0.15, -0.1) is 0 Å². The van der Waals surface area contributed by atoms with Gasteiger partial charge in [-0.1, -0.05) is 0 Å². The molecular formula is C8H9Cl2OTi. The van der Waals surface area contributed by atoms with E-state index in [0.717, 1.165) is 16.9 Å². The van der Waals surface area contributed by atoms with Crippen molar-refractivity contribution in [1.82, 2.24) is 0 Å². The van der Waals surface area contributed by atoms with Crippen molar-refractivity contribution >= 4 is 18.6 Å². The Labute approximate surface area is 86.7 Å². The molecule has 0 aliphatic heterocycles. The van der Waals surface area contributed by atoms with Gasteiger partial charge < -0.3 is 0 Å². The molecule has 0 heterocycles. The van der Waals surface area contributed by atoms with Gasteiger partial charge in [0, 0.05) is 0 Å². The van der Waals surface area contributed by atoms with Gasteiger partial charge in [0.05, 0.1) is 0 Å². The first kappa shape index (κ1) is 10.4. The Hall–Kier alpha value is 0.314. The summed E-state index contributed by atoms with van der Waals surface area (Å²) >= 11 is -2.25. The Morgan fingerprint density at radius 1 is 1.17 bits per heavy atom. The van der Waals surface area contributed by atoms with Crippen molar-refractivity contribution < 1.29 is 19.5 Å². The summed E-state index contributed by atoms with van der Waals surface area (Å²) in [6.07, 6.45) is 0. The summed E-state index contributed by atoms with van der Waals surface area (Å²) in [6.45, 7) is 3.97. The summed E-state index contributed by atoms with van der Waals surface area (Å²) in [5.41, 5.74) is 2.17. The second kappa shape index (κ2) is 4.52. The molecule has 0 aromatic heterocycles. The summed E-state index contributed by atoms with van der Waals surface area (Å²) in [5.74, 6) is 0.845. The van der Waals surface area contributed by atoms with E-state index in [9.17, 15) is 0 Å². The van der Waals surface area contributed by atoms with Crippen molar-refractivity contribution in [3.63, 3.8) is 0 Å². The monoisotopic (exact) mass is 239 g/mol. The van der Waals surface area contributed by atoms with Crippen molar-refractivity contribution in [3.8, 4) is 5.75 Å². The number of halogens is 2. The van der Waals surface area contributed by atoms with Crippen molar-refractivity contribution in [1.29, 1.82) is 0 Å². The molecule has 0 spiro atoms. The molecule has 1 nitrogen and oxygen atoms in total. The Morgan fingerprint density at radius 3 is 2.08 bits per heavy atom. The van der Waals surface area contributed by atoms with E-state index in [2.05, 4.69) is 0 Å². The fourth-order valence-electron chi connectivity index (χ4n) is 1.04. The van der Waals surface area contributed by atoms with Crippen LogP contribution in [0, 0.1) is 13.8 Å². The van der Waals surface area contributed by atoms with E-state index in [4.69, 9.17) is 21.9 Å². The molecule has 4 heteroatoms. The minimum atomic E-state index is -2.25. The van der Waals surface area contributed by atoms with Crippen LogP contribution in [0.3, 0.4) is 0 Å². The third-order valence-electron chi connectivity index (χ3n) is 1.59. The van der Waals surface area contributed by atoms with Crippen LogP contribution < -0.4 is 3.32 Å². The summed E-state index contributed by atoms with van der Waals surface area (Å²) in [6, 6.07) is 5.95. The Balaban J connectivity index is 2.96. The SMILES string of the molecule is Cc1cccc(C)c1[O][Ti]([Cl])[Cl]. The standard InChI is InChI=1S/C8H10O.2ClH.Ti/c1-6-4-3-5-7(2)8(6)9;;;/h3-5,9H,1-2H3;2*1H;/q;;;+3/p-3. The number of para-hydroxylation sites is 1. The van der Waals surface area contributed by atoms with Crippen molar-refractivity contribution in [3.05, 3.63) is 29.3 Å². The molecule has 1 rings (SSSR count). The molecular weight excluding hydrogens is 231 g/mol. The van der Waals surface area contributed by atoms with Crippen LogP contribution in [0.4, 0.5) is 0 Å². The predicted molar refractivity (Wildman–Crippen MR) is 48.3 cm³/mol. The molecule has 1 aromatic rings. The van der Waals surface area contributed by atoms with Crippen LogP contribution in [0.5, 0.6) is 5.75 Å². The van der Waals surface area contributed by atoms with Crippen LogP contribution in [0.25, 0.3) is 0 Å². The van der Waals surface area contributed by atoms with E-state index < -0.39 is 16.1 Å². The maximum atomic E-state index is 5.67. The van der Waals surface area contributed by atoms with E-state index >= 15 is 0 Å². The molecule has 65 valence electrons. The molecule has 0 radical (unpaired) electrons. The quantitative estimate of drug-likeness (QED) is 0.718. The summed E-state index contributed by atoms with van der Waals surface area (Å²) in [5, 5.41) is 0. The summed E-state index contributed by atoms with van der Waals surface area (Å²) in [7, 11) is 11.3. The third-order valence-corrected chi connectivity index (χ3v) is 2.78. The van der Waals surface area contributed by atoms with E-state index in [-0.39, 0.29) is 0 Å². The van der Waals surface area contributed by atoms with Gasteiger partial charge in [0.25, 0.3) is 0 Å². The van der Waals surface area contributed by atoms with E-state index in [0.29, 0.717) is 0 Å². The molecule has 12 heavy (non-hydrogen) atoms. The fraction of sp³-hybridized carbons (Fsp3) is 0.250. The third kappa shape index (κ3) is 2.67. The van der Waals surface area contributed by atoms with Crippen LogP contribution >= 0.6 is 18.6 Å². The Morgan fingerprint density at radius 2 is 1.67 bits per heavy atom. The Kier molecular flexibility index (Phi) is 3.92. The van der Waals surface area contributed by atoms with Gasteiger partial charge in [-0.2, -0.15) is 0 Å². The number of aryl methyl sites for hydroxylation is 2. The van der Waals surface area contributed by atoms with E-state index in [1.165, 1.54) is 0 Å². The second-order valence-electron chi connectivity index (χ2n) is 2.55. The zero-order chi connectivity index (χ0) is 9.14. The van der Waals surface area contributed by atoms with Crippen LogP contribution in [0.1, 0.15) is 11.1 Å². The second-order valence-corrected chi connectivity index (χ2v) is 7.20. The average molecular weight is 240 g/mol. The van der Waals surface area contributed by atoms with Gasteiger partial charge >= 0.3 is 87.0 Å². The van der Waals surface area contributed by atoms with Gasteiger partial charge in [-0.3, -0.25) is 0 Å². The normalized spacial score (nSPS) is 9.67. The van der Waals surface area contributed by atoms with Gasteiger partial charge in [0.15, 0.2) is 0 Å². The molecule has 0 fully saturated rings. The average Bonchev–Trinajstić information content (AvgIpc) is 1.97. The molecule has 1 aromatic carbocycles.